The number of rotatable bonds is 3. The van der Waals surface area contributed by atoms with Crippen molar-refractivity contribution in [2.75, 3.05) is 26.8 Å². The fourth-order valence-corrected chi connectivity index (χ4v) is 3.47. The molecule has 0 spiro atoms. The summed E-state index contributed by atoms with van der Waals surface area (Å²) in [6, 6.07) is 0.407. The Morgan fingerprint density at radius 2 is 2.25 bits per heavy atom. The standard InChI is InChI=1S/C14H21ClN4O/c1-20-8-10-6-9(2-5-17-10)13-11-3-4-16-7-12(11)18-14(15)19-13/h9-10,16-17H,2-8H2,1H3. The summed E-state index contributed by atoms with van der Waals surface area (Å²) < 4.78 is 5.27. The predicted molar refractivity (Wildman–Crippen MR) is 78.1 cm³/mol. The number of fused-ring (bicyclic) bond motifs is 1. The zero-order valence-electron chi connectivity index (χ0n) is 11.8. The summed E-state index contributed by atoms with van der Waals surface area (Å²) in [7, 11) is 1.75. The van der Waals surface area contributed by atoms with Crippen LogP contribution in [0.5, 0.6) is 0 Å². The molecular formula is C14H21ClN4O. The van der Waals surface area contributed by atoms with E-state index in [9.17, 15) is 0 Å². The lowest BCUT2D eigenvalue weighted by molar-refractivity contribution is 0.148. The van der Waals surface area contributed by atoms with Crippen LogP contribution in [0.25, 0.3) is 0 Å². The highest BCUT2D eigenvalue weighted by atomic mass is 35.5. The molecule has 5 nitrogen and oxygen atoms in total. The number of ether oxygens (including phenoxy) is 1. The first-order valence-corrected chi connectivity index (χ1v) is 7.64. The molecule has 0 aromatic carbocycles. The van der Waals surface area contributed by atoms with Crippen LogP contribution in [-0.4, -0.2) is 42.8 Å². The second-order valence-electron chi connectivity index (χ2n) is 5.56. The van der Waals surface area contributed by atoms with Crippen LogP contribution in [-0.2, 0) is 17.7 Å². The largest absolute Gasteiger partial charge is 0.383 e. The van der Waals surface area contributed by atoms with Crippen LogP contribution in [0.3, 0.4) is 0 Å². The van der Waals surface area contributed by atoms with Gasteiger partial charge in [0, 0.05) is 25.6 Å². The zero-order chi connectivity index (χ0) is 13.9. The van der Waals surface area contributed by atoms with Gasteiger partial charge < -0.3 is 15.4 Å². The molecule has 2 unspecified atom stereocenters. The fourth-order valence-electron chi connectivity index (χ4n) is 3.28. The Labute approximate surface area is 124 Å². The van der Waals surface area contributed by atoms with Gasteiger partial charge in [0.1, 0.15) is 0 Å². The van der Waals surface area contributed by atoms with Gasteiger partial charge in [0.15, 0.2) is 0 Å². The summed E-state index contributed by atoms with van der Waals surface area (Å²) in [6.07, 6.45) is 3.16. The molecule has 3 heterocycles. The molecule has 1 aromatic heterocycles. The van der Waals surface area contributed by atoms with Crippen LogP contribution in [0.2, 0.25) is 5.28 Å². The molecule has 0 saturated carbocycles. The maximum atomic E-state index is 6.11. The minimum Gasteiger partial charge on any atom is -0.383 e. The van der Waals surface area contributed by atoms with Crippen molar-refractivity contribution in [2.24, 2.45) is 0 Å². The van der Waals surface area contributed by atoms with Crippen molar-refractivity contribution in [3.8, 4) is 0 Å². The highest BCUT2D eigenvalue weighted by Crippen LogP contribution is 2.31. The predicted octanol–water partition coefficient (Wildman–Crippen LogP) is 1.26. The van der Waals surface area contributed by atoms with Crippen LogP contribution >= 0.6 is 11.6 Å². The third kappa shape index (κ3) is 2.96. The molecule has 6 heteroatoms. The molecule has 0 aliphatic carbocycles. The van der Waals surface area contributed by atoms with Crippen LogP contribution in [0.15, 0.2) is 0 Å². The molecule has 1 aromatic rings. The van der Waals surface area contributed by atoms with Gasteiger partial charge in [-0.05, 0) is 49.5 Å². The lowest BCUT2D eigenvalue weighted by atomic mass is 9.86. The van der Waals surface area contributed by atoms with Gasteiger partial charge in [-0.25, -0.2) is 9.97 Å². The van der Waals surface area contributed by atoms with Crippen LogP contribution in [0.4, 0.5) is 0 Å². The molecule has 0 bridgehead atoms. The molecule has 2 N–H and O–H groups in total. The lowest BCUT2D eigenvalue weighted by Crippen LogP contribution is -2.41. The van der Waals surface area contributed by atoms with Gasteiger partial charge in [-0.1, -0.05) is 0 Å². The van der Waals surface area contributed by atoms with Gasteiger partial charge in [0.25, 0.3) is 0 Å². The Morgan fingerprint density at radius 3 is 3.10 bits per heavy atom. The van der Waals surface area contributed by atoms with Crippen molar-refractivity contribution in [3.63, 3.8) is 0 Å². The molecule has 2 aliphatic heterocycles. The number of piperidine rings is 1. The minimum absolute atomic E-state index is 0.379. The Balaban J connectivity index is 1.87. The summed E-state index contributed by atoms with van der Waals surface area (Å²) in [5.41, 5.74) is 3.56. The quantitative estimate of drug-likeness (QED) is 0.823. The molecule has 2 aliphatic rings. The monoisotopic (exact) mass is 296 g/mol. The molecule has 20 heavy (non-hydrogen) atoms. The molecular weight excluding hydrogens is 276 g/mol. The Kier molecular flexibility index (Phi) is 4.51. The van der Waals surface area contributed by atoms with Crippen molar-refractivity contribution >= 4 is 11.6 Å². The molecule has 110 valence electrons. The Morgan fingerprint density at radius 1 is 1.35 bits per heavy atom. The number of nitrogens with one attached hydrogen (secondary N) is 2. The van der Waals surface area contributed by atoms with E-state index in [1.807, 2.05) is 0 Å². The number of aromatic nitrogens is 2. The SMILES string of the molecule is COCC1CC(c2nc(Cl)nc3c2CCNC3)CCN1. The number of methoxy groups -OCH3 is 1. The highest BCUT2D eigenvalue weighted by Gasteiger charge is 2.28. The topological polar surface area (TPSA) is 59.1 Å². The van der Waals surface area contributed by atoms with Gasteiger partial charge in [-0.3, -0.25) is 0 Å². The zero-order valence-corrected chi connectivity index (χ0v) is 12.5. The highest BCUT2D eigenvalue weighted by molar-refractivity contribution is 6.28. The second kappa shape index (κ2) is 6.35. The van der Waals surface area contributed by atoms with E-state index in [2.05, 4.69) is 20.6 Å². The minimum atomic E-state index is 0.379. The van der Waals surface area contributed by atoms with Gasteiger partial charge in [0.2, 0.25) is 5.28 Å². The number of halogens is 1. The number of hydrogen-bond acceptors (Lipinski definition) is 5. The summed E-state index contributed by atoms with van der Waals surface area (Å²) in [4.78, 5) is 8.94. The van der Waals surface area contributed by atoms with Crippen LogP contribution in [0.1, 0.15) is 35.7 Å². The van der Waals surface area contributed by atoms with Gasteiger partial charge in [0.05, 0.1) is 18.0 Å². The maximum absolute atomic E-state index is 6.11. The van der Waals surface area contributed by atoms with Gasteiger partial charge >= 0.3 is 0 Å². The molecule has 3 rings (SSSR count). The van der Waals surface area contributed by atoms with E-state index in [0.29, 0.717) is 17.2 Å². The second-order valence-corrected chi connectivity index (χ2v) is 5.90. The number of nitrogens with zero attached hydrogens (tertiary/aromatic N) is 2. The fraction of sp³-hybridized carbons (Fsp3) is 0.714. The van der Waals surface area contributed by atoms with Crippen molar-refractivity contribution in [1.29, 1.82) is 0 Å². The third-order valence-electron chi connectivity index (χ3n) is 4.19. The first kappa shape index (κ1) is 14.2. The molecule has 0 amide bonds. The Hall–Kier alpha value is -0.750. The summed E-state index contributed by atoms with van der Waals surface area (Å²) in [5, 5.41) is 7.23. The van der Waals surface area contributed by atoms with Crippen molar-refractivity contribution in [1.82, 2.24) is 20.6 Å². The average Bonchev–Trinajstić information content (AvgIpc) is 2.47. The van der Waals surface area contributed by atoms with Crippen LogP contribution < -0.4 is 10.6 Å². The summed E-state index contributed by atoms with van der Waals surface area (Å²) in [6.45, 7) is 3.56. The lowest BCUT2D eigenvalue weighted by Gasteiger charge is -2.31. The first-order valence-electron chi connectivity index (χ1n) is 7.26. The molecule has 1 saturated heterocycles. The summed E-state index contributed by atoms with van der Waals surface area (Å²) in [5.74, 6) is 0.462. The maximum Gasteiger partial charge on any atom is 0.222 e. The smallest absolute Gasteiger partial charge is 0.222 e. The molecule has 1 fully saturated rings. The van der Waals surface area contributed by atoms with E-state index < -0.39 is 0 Å². The van der Waals surface area contributed by atoms with Gasteiger partial charge in [-0.2, -0.15) is 0 Å². The van der Waals surface area contributed by atoms with E-state index in [1.54, 1.807) is 7.11 Å². The average molecular weight is 297 g/mol. The molecule has 0 radical (unpaired) electrons. The van der Waals surface area contributed by atoms with E-state index in [0.717, 1.165) is 51.2 Å². The van der Waals surface area contributed by atoms with Crippen LogP contribution in [0, 0.1) is 0 Å². The van der Waals surface area contributed by atoms with Crippen molar-refractivity contribution in [2.45, 2.75) is 37.8 Å². The van der Waals surface area contributed by atoms with E-state index in [-0.39, 0.29) is 0 Å². The van der Waals surface area contributed by atoms with Crippen molar-refractivity contribution < 1.29 is 4.74 Å². The molecule has 2 atom stereocenters. The first-order chi connectivity index (χ1) is 9.78. The normalized spacial score (nSPS) is 26.3. The number of hydrogen-bond donors (Lipinski definition) is 2. The Bertz CT molecular complexity index is 480. The van der Waals surface area contributed by atoms with E-state index in [1.165, 1.54) is 11.3 Å². The third-order valence-corrected chi connectivity index (χ3v) is 4.36. The van der Waals surface area contributed by atoms with Gasteiger partial charge in [-0.15, -0.1) is 0 Å². The van der Waals surface area contributed by atoms with E-state index in [4.69, 9.17) is 16.3 Å². The van der Waals surface area contributed by atoms with Crippen molar-refractivity contribution in [3.05, 3.63) is 22.2 Å². The van der Waals surface area contributed by atoms with E-state index >= 15 is 0 Å². The summed E-state index contributed by atoms with van der Waals surface area (Å²) >= 11 is 6.11.